The van der Waals surface area contributed by atoms with Crippen molar-refractivity contribution in [1.82, 2.24) is 30.0 Å². The molecule has 0 bridgehead atoms. The summed E-state index contributed by atoms with van der Waals surface area (Å²) in [6, 6.07) is 4.86. The Morgan fingerprint density at radius 1 is 1.11 bits per heavy atom. The minimum absolute atomic E-state index is 0.00520. The van der Waals surface area contributed by atoms with E-state index < -0.39 is 0 Å². The van der Waals surface area contributed by atoms with Crippen LogP contribution in [0.2, 0.25) is 0 Å². The summed E-state index contributed by atoms with van der Waals surface area (Å²) in [6.45, 7) is 13.0. The number of anilines is 2. The molecule has 2 fully saturated rings. The summed E-state index contributed by atoms with van der Waals surface area (Å²) in [7, 11) is 4.27. The molecule has 9 heteroatoms. The first kappa shape index (κ1) is 24.9. The minimum Gasteiger partial charge on any atom is -0.353 e. The number of H-pyrrole nitrogens is 1. The Kier molecular flexibility index (Phi) is 6.34. The van der Waals surface area contributed by atoms with Gasteiger partial charge in [0, 0.05) is 56.3 Å². The van der Waals surface area contributed by atoms with Crippen molar-refractivity contribution < 1.29 is 4.79 Å². The average molecular weight is 515 g/mol. The van der Waals surface area contributed by atoms with Crippen LogP contribution in [-0.2, 0) is 17.6 Å². The second-order valence-electron chi connectivity index (χ2n) is 11.4. The van der Waals surface area contributed by atoms with Gasteiger partial charge in [0.1, 0.15) is 5.82 Å². The number of hydrogen-bond donors (Lipinski definition) is 1. The molecule has 0 saturated carbocycles. The Bertz CT molecular complexity index is 1370. The van der Waals surface area contributed by atoms with Gasteiger partial charge in [-0.3, -0.25) is 9.89 Å². The third kappa shape index (κ3) is 4.22. The zero-order valence-corrected chi connectivity index (χ0v) is 22.9. The second kappa shape index (κ2) is 9.69. The maximum absolute atomic E-state index is 12.2. The Balaban J connectivity index is 1.36. The molecule has 6 rings (SSSR count). The lowest BCUT2D eigenvalue weighted by Gasteiger charge is -2.44. The maximum atomic E-state index is 12.2. The van der Waals surface area contributed by atoms with Crippen molar-refractivity contribution in [2.24, 2.45) is 5.92 Å². The highest BCUT2D eigenvalue weighted by atomic mass is 16.2. The quantitative estimate of drug-likeness (QED) is 0.524. The lowest BCUT2D eigenvalue weighted by atomic mass is 9.73. The van der Waals surface area contributed by atoms with Crippen LogP contribution in [0.15, 0.2) is 31.0 Å². The molecule has 0 unspecified atom stereocenters. The standard InChI is InChI=1S/C29H38N8O/c1-6-26(38)35-9-11-36(12-10-35)28-22-13-19(3)21(27-18(2)7-8-24-23(27)15-30-33-24)14-25(22)31-29(32-28)37-16-20(17-37)34(4)5/h6-8,15,19-21H,1,9-14,16-17H2,2-5H3,(H,30,33)/t19-,21-/m1/s1. The molecule has 2 atom stereocenters. The molecule has 1 aliphatic carbocycles. The first-order valence-electron chi connectivity index (χ1n) is 13.7. The van der Waals surface area contributed by atoms with Crippen LogP contribution in [0, 0.1) is 12.8 Å². The highest BCUT2D eigenvalue weighted by Crippen LogP contribution is 2.43. The van der Waals surface area contributed by atoms with Gasteiger partial charge >= 0.3 is 0 Å². The number of aryl methyl sites for hydroxylation is 1. The maximum Gasteiger partial charge on any atom is 0.246 e. The van der Waals surface area contributed by atoms with Gasteiger partial charge in [0.25, 0.3) is 0 Å². The number of rotatable bonds is 5. The van der Waals surface area contributed by atoms with Crippen LogP contribution in [0.5, 0.6) is 0 Å². The summed E-state index contributed by atoms with van der Waals surface area (Å²) in [5.74, 6) is 2.72. The highest BCUT2D eigenvalue weighted by molar-refractivity contribution is 5.87. The van der Waals surface area contributed by atoms with Crippen LogP contribution < -0.4 is 9.80 Å². The monoisotopic (exact) mass is 514 g/mol. The molecule has 9 nitrogen and oxygen atoms in total. The van der Waals surface area contributed by atoms with E-state index in [0.717, 1.165) is 56.3 Å². The molecule has 1 aromatic carbocycles. The van der Waals surface area contributed by atoms with Gasteiger partial charge in [-0.05, 0) is 69.0 Å². The number of piperazine rings is 1. The molecule has 1 amide bonds. The first-order chi connectivity index (χ1) is 18.3. The molecule has 1 N–H and O–H groups in total. The van der Waals surface area contributed by atoms with Gasteiger partial charge in [-0.1, -0.05) is 19.6 Å². The lowest BCUT2D eigenvalue weighted by molar-refractivity contribution is -0.126. The fraction of sp³-hybridized carbons (Fsp3) is 0.517. The van der Waals surface area contributed by atoms with E-state index in [4.69, 9.17) is 9.97 Å². The van der Waals surface area contributed by atoms with E-state index in [2.05, 4.69) is 71.6 Å². The molecule has 2 aromatic heterocycles. The van der Waals surface area contributed by atoms with Crippen LogP contribution in [0.1, 0.15) is 35.2 Å². The third-order valence-corrected chi connectivity index (χ3v) is 8.88. The van der Waals surface area contributed by atoms with Crippen LogP contribution in [0.3, 0.4) is 0 Å². The minimum atomic E-state index is 0.00520. The van der Waals surface area contributed by atoms with Crippen LogP contribution in [-0.4, -0.2) is 95.3 Å². The number of aromatic nitrogens is 4. The highest BCUT2D eigenvalue weighted by Gasteiger charge is 2.37. The molecule has 200 valence electrons. The number of likely N-dealkylation sites (N-methyl/N-ethyl adjacent to an activating group) is 1. The van der Waals surface area contributed by atoms with Crippen LogP contribution >= 0.6 is 0 Å². The van der Waals surface area contributed by atoms with Gasteiger partial charge in [0.05, 0.1) is 17.4 Å². The molecule has 4 heterocycles. The molecule has 38 heavy (non-hydrogen) atoms. The van der Waals surface area contributed by atoms with Crippen molar-refractivity contribution in [2.45, 2.75) is 38.6 Å². The van der Waals surface area contributed by atoms with Gasteiger partial charge in [0.15, 0.2) is 0 Å². The van der Waals surface area contributed by atoms with Crippen molar-refractivity contribution in [3.63, 3.8) is 0 Å². The average Bonchev–Trinajstić information content (AvgIpc) is 3.36. The third-order valence-electron chi connectivity index (χ3n) is 8.88. The van der Waals surface area contributed by atoms with E-state index in [9.17, 15) is 4.79 Å². The van der Waals surface area contributed by atoms with E-state index >= 15 is 0 Å². The molecule has 0 spiro atoms. The Hall–Kier alpha value is -3.46. The number of benzene rings is 1. The van der Waals surface area contributed by atoms with Crippen molar-refractivity contribution in [2.75, 3.05) is 63.2 Å². The topological polar surface area (TPSA) is 84.5 Å². The lowest BCUT2D eigenvalue weighted by Crippen LogP contribution is -2.58. The fourth-order valence-electron chi connectivity index (χ4n) is 6.40. The first-order valence-corrected chi connectivity index (χ1v) is 13.7. The predicted molar refractivity (Wildman–Crippen MR) is 151 cm³/mol. The molecular weight excluding hydrogens is 476 g/mol. The molecule has 2 saturated heterocycles. The Morgan fingerprint density at radius 2 is 1.87 bits per heavy atom. The summed E-state index contributed by atoms with van der Waals surface area (Å²) < 4.78 is 0. The van der Waals surface area contributed by atoms with E-state index in [1.165, 1.54) is 33.8 Å². The van der Waals surface area contributed by atoms with E-state index in [-0.39, 0.29) is 5.91 Å². The van der Waals surface area contributed by atoms with Gasteiger partial charge < -0.3 is 19.6 Å². The smallest absolute Gasteiger partial charge is 0.246 e. The van der Waals surface area contributed by atoms with Crippen molar-refractivity contribution in [3.05, 3.63) is 53.4 Å². The molecule has 2 aliphatic heterocycles. The zero-order chi connectivity index (χ0) is 26.6. The van der Waals surface area contributed by atoms with Gasteiger partial charge in [0.2, 0.25) is 11.9 Å². The normalized spacial score (nSPS) is 22.1. The molecular formula is C29H38N8O. The second-order valence-corrected chi connectivity index (χ2v) is 11.4. The zero-order valence-electron chi connectivity index (χ0n) is 22.9. The number of nitrogens with one attached hydrogen (secondary N) is 1. The Labute approximate surface area is 224 Å². The van der Waals surface area contributed by atoms with Crippen molar-refractivity contribution in [3.8, 4) is 0 Å². The summed E-state index contributed by atoms with van der Waals surface area (Å²) in [6.07, 6.45) is 5.22. The van der Waals surface area contributed by atoms with E-state index in [1.807, 2.05) is 11.1 Å². The molecule has 3 aromatic rings. The molecule has 3 aliphatic rings. The molecule has 0 radical (unpaired) electrons. The van der Waals surface area contributed by atoms with Gasteiger partial charge in [-0.25, -0.2) is 4.98 Å². The SMILES string of the molecule is C=CC(=O)N1CCN(c2nc(N3CC(N(C)C)C3)nc3c2C[C@@H](C)[C@H](c2c(C)ccc4[nH]ncc24)C3)CC1. The van der Waals surface area contributed by atoms with Gasteiger partial charge in [-0.2, -0.15) is 10.1 Å². The summed E-state index contributed by atoms with van der Waals surface area (Å²) in [5, 5.41) is 8.72. The number of amides is 1. The fourth-order valence-corrected chi connectivity index (χ4v) is 6.40. The van der Waals surface area contributed by atoms with Crippen molar-refractivity contribution >= 4 is 28.6 Å². The van der Waals surface area contributed by atoms with Crippen LogP contribution in [0.4, 0.5) is 11.8 Å². The number of fused-ring (bicyclic) bond motifs is 2. The Morgan fingerprint density at radius 3 is 2.58 bits per heavy atom. The number of nitrogens with zero attached hydrogens (tertiary/aromatic N) is 7. The predicted octanol–water partition coefficient (Wildman–Crippen LogP) is 2.76. The summed E-state index contributed by atoms with van der Waals surface area (Å²) >= 11 is 0. The summed E-state index contributed by atoms with van der Waals surface area (Å²) in [4.78, 5) is 31.4. The summed E-state index contributed by atoms with van der Waals surface area (Å²) in [5.41, 5.74) is 6.25. The van der Waals surface area contributed by atoms with E-state index in [0.29, 0.717) is 31.0 Å². The number of carbonyl (C=O) groups is 1. The van der Waals surface area contributed by atoms with Gasteiger partial charge in [-0.15, -0.1) is 0 Å². The number of carbonyl (C=O) groups excluding carboxylic acids is 1. The van der Waals surface area contributed by atoms with Crippen LogP contribution in [0.25, 0.3) is 10.9 Å². The number of aromatic amines is 1. The van der Waals surface area contributed by atoms with E-state index in [1.54, 1.807) is 0 Å². The largest absolute Gasteiger partial charge is 0.353 e. The van der Waals surface area contributed by atoms with Crippen molar-refractivity contribution in [1.29, 1.82) is 0 Å². The number of hydrogen-bond acceptors (Lipinski definition) is 7.